The van der Waals surface area contributed by atoms with Crippen LogP contribution in [0.2, 0.25) is 0 Å². The van der Waals surface area contributed by atoms with E-state index in [2.05, 4.69) is 10.1 Å². The summed E-state index contributed by atoms with van der Waals surface area (Å²) >= 11 is 0. The van der Waals surface area contributed by atoms with Crippen molar-refractivity contribution in [2.24, 2.45) is 0 Å². The molecular weight excluding hydrogens is 203 g/mol. The van der Waals surface area contributed by atoms with Crippen LogP contribution in [-0.4, -0.2) is 19.7 Å². The van der Waals surface area contributed by atoms with E-state index >= 15 is 0 Å². The largest absolute Gasteiger partial charge is 0.274 e. The van der Waals surface area contributed by atoms with Gasteiger partial charge in [0.2, 0.25) is 0 Å². The van der Waals surface area contributed by atoms with Crippen LogP contribution in [0.25, 0.3) is 5.69 Å². The molecule has 15 heavy (non-hydrogen) atoms. The zero-order valence-corrected chi connectivity index (χ0v) is 7.37. The van der Waals surface area contributed by atoms with Gasteiger partial charge >= 0.3 is 0 Å². The molecule has 0 aliphatic heterocycles. The summed E-state index contributed by atoms with van der Waals surface area (Å²) in [6.45, 7) is 0. The fourth-order valence-electron chi connectivity index (χ4n) is 1.14. The Morgan fingerprint density at radius 3 is 2.80 bits per heavy atom. The van der Waals surface area contributed by atoms with Crippen molar-refractivity contribution in [3.63, 3.8) is 0 Å². The van der Waals surface area contributed by atoms with E-state index in [-0.39, 0.29) is 11.4 Å². The van der Waals surface area contributed by atoms with Crippen LogP contribution in [0.3, 0.4) is 0 Å². The van der Waals surface area contributed by atoms with Gasteiger partial charge in [-0.2, -0.15) is 5.10 Å². The van der Waals surface area contributed by atoms with Gasteiger partial charge in [0, 0.05) is 12.1 Å². The molecule has 1 heterocycles. The minimum Gasteiger partial charge on any atom is -0.258 e. The van der Waals surface area contributed by atoms with E-state index in [1.807, 2.05) is 0 Å². The second-order valence-corrected chi connectivity index (χ2v) is 2.76. The lowest BCUT2D eigenvalue weighted by molar-refractivity contribution is -0.385. The SMILES string of the molecule is O=[N+]([O-])c1cc(F)cc(-n2cncn2)c1. The highest BCUT2D eigenvalue weighted by atomic mass is 19.1. The highest BCUT2D eigenvalue weighted by molar-refractivity contribution is 5.42. The average molecular weight is 208 g/mol. The number of nitro groups is 1. The molecule has 0 aliphatic carbocycles. The standard InChI is InChI=1S/C8H5FN4O2/c9-6-1-7(12-5-10-4-11-12)3-8(2-6)13(14)15/h1-5H. The molecule has 0 unspecified atom stereocenters. The maximum absolute atomic E-state index is 13.0. The van der Waals surface area contributed by atoms with E-state index < -0.39 is 10.7 Å². The number of benzene rings is 1. The summed E-state index contributed by atoms with van der Waals surface area (Å²) in [5, 5.41) is 14.2. The lowest BCUT2D eigenvalue weighted by atomic mass is 10.3. The second-order valence-electron chi connectivity index (χ2n) is 2.76. The van der Waals surface area contributed by atoms with Gasteiger partial charge in [0.1, 0.15) is 18.5 Å². The van der Waals surface area contributed by atoms with Gasteiger partial charge in [-0.1, -0.05) is 0 Å². The predicted molar refractivity (Wildman–Crippen MR) is 48.0 cm³/mol. The Labute approximate surface area is 83.1 Å². The van der Waals surface area contributed by atoms with Crippen molar-refractivity contribution in [1.82, 2.24) is 14.8 Å². The molecule has 2 rings (SSSR count). The molecule has 0 spiro atoms. The van der Waals surface area contributed by atoms with Crippen molar-refractivity contribution in [2.45, 2.75) is 0 Å². The number of non-ortho nitro benzene ring substituents is 1. The maximum atomic E-state index is 13.0. The third kappa shape index (κ3) is 1.80. The van der Waals surface area contributed by atoms with Gasteiger partial charge in [0.05, 0.1) is 16.7 Å². The Balaban J connectivity index is 2.54. The molecule has 1 aromatic heterocycles. The molecule has 0 atom stereocenters. The number of hydrogen-bond donors (Lipinski definition) is 0. The van der Waals surface area contributed by atoms with Crippen LogP contribution in [0.4, 0.5) is 10.1 Å². The first kappa shape index (κ1) is 9.25. The molecule has 76 valence electrons. The summed E-state index contributed by atoms with van der Waals surface area (Å²) in [7, 11) is 0. The number of hydrogen-bond acceptors (Lipinski definition) is 4. The smallest absolute Gasteiger partial charge is 0.258 e. The Morgan fingerprint density at radius 2 is 2.20 bits per heavy atom. The van der Waals surface area contributed by atoms with Gasteiger partial charge < -0.3 is 0 Å². The first-order valence-electron chi connectivity index (χ1n) is 3.97. The normalized spacial score (nSPS) is 10.2. The number of nitro benzene ring substituents is 1. The lowest BCUT2D eigenvalue weighted by Gasteiger charge is -2.00. The molecule has 7 heteroatoms. The lowest BCUT2D eigenvalue weighted by Crippen LogP contribution is -1.97. The van der Waals surface area contributed by atoms with E-state index in [4.69, 9.17) is 0 Å². The molecular formula is C8H5FN4O2. The summed E-state index contributed by atoms with van der Waals surface area (Å²) in [4.78, 5) is 13.5. The van der Waals surface area contributed by atoms with Crippen molar-refractivity contribution in [1.29, 1.82) is 0 Å². The van der Waals surface area contributed by atoms with Crippen molar-refractivity contribution in [2.75, 3.05) is 0 Å². The molecule has 0 radical (unpaired) electrons. The third-order valence-corrected chi connectivity index (χ3v) is 1.76. The summed E-state index contributed by atoms with van der Waals surface area (Å²) in [5.74, 6) is -0.685. The first-order valence-corrected chi connectivity index (χ1v) is 3.97. The predicted octanol–water partition coefficient (Wildman–Crippen LogP) is 1.31. The average Bonchev–Trinajstić information content (AvgIpc) is 2.69. The molecule has 6 nitrogen and oxygen atoms in total. The number of aromatic nitrogens is 3. The Bertz CT molecular complexity index is 497. The number of halogens is 1. The van der Waals surface area contributed by atoms with Crippen LogP contribution >= 0.6 is 0 Å². The van der Waals surface area contributed by atoms with Crippen molar-refractivity contribution in [3.05, 3.63) is 46.8 Å². The number of nitrogens with zero attached hydrogens (tertiary/aromatic N) is 4. The van der Waals surface area contributed by atoms with Gasteiger partial charge in [0.25, 0.3) is 5.69 Å². The van der Waals surface area contributed by atoms with Gasteiger partial charge in [-0.25, -0.2) is 14.1 Å². The van der Waals surface area contributed by atoms with Crippen molar-refractivity contribution >= 4 is 5.69 Å². The van der Waals surface area contributed by atoms with E-state index in [9.17, 15) is 14.5 Å². The topological polar surface area (TPSA) is 73.8 Å². The highest BCUT2D eigenvalue weighted by Gasteiger charge is 2.10. The number of rotatable bonds is 2. The van der Waals surface area contributed by atoms with Crippen LogP contribution < -0.4 is 0 Å². The van der Waals surface area contributed by atoms with Crippen molar-refractivity contribution < 1.29 is 9.31 Å². The summed E-state index contributed by atoms with van der Waals surface area (Å²) < 4.78 is 14.3. The zero-order chi connectivity index (χ0) is 10.8. The molecule has 0 fully saturated rings. The first-order chi connectivity index (χ1) is 7.16. The monoisotopic (exact) mass is 208 g/mol. The van der Waals surface area contributed by atoms with E-state index in [0.717, 1.165) is 12.1 Å². The molecule has 0 saturated heterocycles. The molecule has 0 amide bonds. The maximum Gasteiger partial charge on any atom is 0.274 e. The summed E-state index contributed by atoms with van der Waals surface area (Å²) in [6.07, 6.45) is 2.59. The van der Waals surface area contributed by atoms with Crippen molar-refractivity contribution in [3.8, 4) is 5.69 Å². The minimum absolute atomic E-state index is 0.263. The fourth-order valence-corrected chi connectivity index (χ4v) is 1.14. The minimum atomic E-state index is -0.685. The molecule has 1 aromatic carbocycles. The molecule has 0 bridgehead atoms. The van der Waals surface area contributed by atoms with Gasteiger partial charge in [-0.05, 0) is 0 Å². The summed E-state index contributed by atoms with van der Waals surface area (Å²) in [6, 6.07) is 3.21. The highest BCUT2D eigenvalue weighted by Crippen LogP contribution is 2.18. The Morgan fingerprint density at radius 1 is 1.40 bits per heavy atom. The van der Waals surface area contributed by atoms with Gasteiger partial charge in [-0.15, -0.1) is 0 Å². The van der Waals surface area contributed by atoms with Crippen LogP contribution in [0, 0.1) is 15.9 Å². The quantitative estimate of drug-likeness (QED) is 0.551. The van der Waals surface area contributed by atoms with Gasteiger partial charge in [0.15, 0.2) is 0 Å². The van der Waals surface area contributed by atoms with E-state index in [1.54, 1.807) is 0 Å². The van der Waals surface area contributed by atoms with E-state index in [1.165, 1.54) is 23.4 Å². The third-order valence-electron chi connectivity index (χ3n) is 1.76. The van der Waals surface area contributed by atoms with Crippen LogP contribution in [0.1, 0.15) is 0 Å². The van der Waals surface area contributed by atoms with Crippen LogP contribution in [0.15, 0.2) is 30.9 Å². The second kappa shape index (κ2) is 3.45. The van der Waals surface area contributed by atoms with Gasteiger partial charge in [-0.3, -0.25) is 10.1 Å². The Hall–Kier alpha value is -2.31. The Kier molecular flexibility index (Phi) is 2.13. The molecule has 0 aliphatic rings. The molecule has 0 N–H and O–H groups in total. The van der Waals surface area contributed by atoms with Crippen LogP contribution in [0.5, 0.6) is 0 Å². The van der Waals surface area contributed by atoms with E-state index in [0.29, 0.717) is 0 Å². The van der Waals surface area contributed by atoms with Crippen LogP contribution in [-0.2, 0) is 0 Å². The fraction of sp³-hybridized carbons (Fsp3) is 0. The molecule has 0 saturated carbocycles. The summed E-state index contributed by atoms with van der Waals surface area (Å²) in [5.41, 5.74) is -0.0558. The molecule has 2 aromatic rings. The zero-order valence-electron chi connectivity index (χ0n) is 7.37.